The summed E-state index contributed by atoms with van der Waals surface area (Å²) in [5.41, 5.74) is -2.97. The molecular weight excluding hydrogens is 340 g/mol. The number of carbonyl (C=O) groups excluding carboxylic acids is 3. The molecule has 76 valence electrons. The standard InChI is InChI=1S/C6H8O7.4K.H/c7-3(8)1-6(13,5(11)12)2-4(9)10;;;;;/h13H,1-2H2,(H,7,8)(H,9,10)(H,11,12);;;;;/q;4*+1;-1/p-3. The fourth-order valence-electron chi connectivity index (χ4n) is 0.684. The summed E-state index contributed by atoms with van der Waals surface area (Å²) in [5.74, 6) is -5.98. The van der Waals surface area contributed by atoms with Crippen LogP contribution < -0.4 is 221 Å². The zero-order valence-corrected chi connectivity index (χ0v) is 22.8. The molecule has 0 rings (SSSR count). The summed E-state index contributed by atoms with van der Waals surface area (Å²) >= 11 is 0. The van der Waals surface area contributed by atoms with Gasteiger partial charge in [0.2, 0.25) is 0 Å². The van der Waals surface area contributed by atoms with E-state index in [1.807, 2.05) is 0 Å². The van der Waals surface area contributed by atoms with Gasteiger partial charge < -0.3 is 36.2 Å². The van der Waals surface area contributed by atoms with E-state index in [1.165, 1.54) is 0 Å². The average molecular weight is 346 g/mol. The van der Waals surface area contributed by atoms with Crippen LogP contribution in [0.2, 0.25) is 0 Å². The van der Waals surface area contributed by atoms with E-state index in [1.54, 1.807) is 0 Å². The van der Waals surface area contributed by atoms with Gasteiger partial charge >= 0.3 is 206 Å². The fourth-order valence-corrected chi connectivity index (χ4v) is 0.684. The van der Waals surface area contributed by atoms with Crippen molar-refractivity contribution in [2.75, 3.05) is 0 Å². The average Bonchev–Trinajstić information content (AvgIpc) is 1.82. The molecule has 0 heterocycles. The third-order valence-electron chi connectivity index (χ3n) is 1.25. The second-order valence-electron chi connectivity index (χ2n) is 2.42. The van der Waals surface area contributed by atoms with E-state index in [9.17, 15) is 29.7 Å². The maximum Gasteiger partial charge on any atom is 1.00 e. The van der Waals surface area contributed by atoms with E-state index in [0.717, 1.165) is 0 Å². The number of carboxylic acid groups (broad SMARTS) is 3. The Morgan fingerprint density at radius 3 is 1.24 bits per heavy atom. The molecule has 0 atom stereocenters. The molecule has 17 heavy (non-hydrogen) atoms. The van der Waals surface area contributed by atoms with Gasteiger partial charge in [-0.2, -0.15) is 0 Å². The Labute approximate surface area is 269 Å². The van der Waals surface area contributed by atoms with Gasteiger partial charge in [-0.1, -0.05) is 0 Å². The van der Waals surface area contributed by atoms with E-state index in [2.05, 4.69) is 0 Å². The van der Waals surface area contributed by atoms with Crippen LogP contribution in [0.3, 0.4) is 0 Å². The summed E-state index contributed by atoms with van der Waals surface area (Å²) in [6.07, 6.45) is -2.72. The summed E-state index contributed by atoms with van der Waals surface area (Å²) in [6, 6.07) is 0. The smallest absolute Gasteiger partial charge is 1.00 e. The summed E-state index contributed by atoms with van der Waals surface area (Å²) in [7, 11) is 0. The van der Waals surface area contributed by atoms with Gasteiger partial charge in [-0.05, 0) is 0 Å². The molecule has 0 bridgehead atoms. The summed E-state index contributed by atoms with van der Waals surface area (Å²) in [4.78, 5) is 30.0. The van der Waals surface area contributed by atoms with Crippen LogP contribution in [0.1, 0.15) is 14.3 Å². The predicted octanol–water partition coefficient (Wildman–Crippen LogP) is -17.1. The molecule has 0 aliphatic heterocycles. The van der Waals surface area contributed by atoms with E-state index >= 15 is 0 Å². The molecule has 0 unspecified atom stereocenters. The van der Waals surface area contributed by atoms with Gasteiger partial charge in [-0.25, -0.2) is 0 Å². The molecule has 0 saturated carbocycles. The number of aliphatic hydroxyl groups is 1. The molecule has 0 aliphatic rings. The number of hydrogen-bond donors (Lipinski definition) is 1. The van der Waals surface area contributed by atoms with Gasteiger partial charge in [-0.3, -0.25) is 0 Å². The third-order valence-corrected chi connectivity index (χ3v) is 1.25. The predicted molar refractivity (Wildman–Crippen MR) is 30.3 cm³/mol. The molecule has 0 aromatic rings. The van der Waals surface area contributed by atoms with Crippen molar-refractivity contribution in [3.63, 3.8) is 0 Å². The third kappa shape index (κ3) is 17.1. The summed E-state index contributed by atoms with van der Waals surface area (Å²) in [5, 5.41) is 38.9. The van der Waals surface area contributed by atoms with Crippen LogP contribution >= 0.6 is 0 Å². The minimum atomic E-state index is -2.97. The van der Waals surface area contributed by atoms with Gasteiger partial charge in [0.25, 0.3) is 0 Å². The van der Waals surface area contributed by atoms with Crippen molar-refractivity contribution in [1.29, 1.82) is 0 Å². The number of aliphatic carboxylic acids is 3. The molecular formula is C6H6K4O7. The molecule has 7 nitrogen and oxygen atoms in total. The second-order valence-corrected chi connectivity index (χ2v) is 2.42. The topological polar surface area (TPSA) is 141 Å². The van der Waals surface area contributed by atoms with Gasteiger partial charge in [0.15, 0.2) is 0 Å². The molecule has 0 aromatic heterocycles. The van der Waals surface area contributed by atoms with E-state index in [4.69, 9.17) is 5.11 Å². The van der Waals surface area contributed by atoms with Crippen molar-refractivity contribution in [2.24, 2.45) is 0 Å². The normalized spacial score (nSPS) is 8.29. The molecule has 0 amide bonds. The number of carboxylic acids is 3. The molecule has 0 aromatic carbocycles. The van der Waals surface area contributed by atoms with Crippen molar-refractivity contribution in [1.82, 2.24) is 0 Å². The van der Waals surface area contributed by atoms with Crippen molar-refractivity contribution >= 4 is 17.9 Å². The Morgan fingerprint density at radius 2 is 1.12 bits per heavy atom. The van der Waals surface area contributed by atoms with Crippen LogP contribution in [0.5, 0.6) is 0 Å². The van der Waals surface area contributed by atoms with Crippen LogP contribution in [0, 0.1) is 0 Å². The molecule has 0 radical (unpaired) electrons. The van der Waals surface area contributed by atoms with E-state index in [0.29, 0.717) is 0 Å². The van der Waals surface area contributed by atoms with Crippen LogP contribution in [0.4, 0.5) is 0 Å². The Kier molecular flexibility index (Phi) is 34.0. The first kappa shape index (κ1) is 33.5. The Morgan fingerprint density at radius 1 is 0.882 bits per heavy atom. The minimum Gasteiger partial charge on any atom is -1.00 e. The zero-order chi connectivity index (χ0) is 10.6. The number of hydrogen-bond acceptors (Lipinski definition) is 7. The first-order valence-corrected chi connectivity index (χ1v) is 3.11. The van der Waals surface area contributed by atoms with Crippen LogP contribution in [-0.4, -0.2) is 28.6 Å². The maximum absolute atomic E-state index is 10.1. The maximum atomic E-state index is 10.1. The van der Waals surface area contributed by atoms with E-state index < -0.39 is 36.4 Å². The number of carbonyl (C=O) groups is 3. The molecule has 0 fully saturated rings. The van der Waals surface area contributed by atoms with Crippen LogP contribution in [0.15, 0.2) is 0 Å². The van der Waals surface area contributed by atoms with Gasteiger partial charge in [0.1, 0.15) is 5.60 Å². The van der Waals surface area contributed by atoms with Crippen molar-refractivity contribution in [2.45, 2.75) is 18.4 Å². The molecule has 0 saturated heterocycles. The number of rotatable bonds is 5. The molecule has 0 spiro atoms. The van der Waals surface area contributed by atoms with Gasteiger partial charge in [0, 0.05) is 24.8 Å². The van der Waals surface area contributed by atoms with Crippen molar-refractivity contribution in [3.8, 4) is 0 Å². The second kappa shape index (κ2) is 17.3. The quantitative estimate of drug-likeness (QED) is 0.487. The fraction of sp³-hybridized carbons (Fsp3) is 0.500. The molecule has 0 aliphatic carbocycles. The van der Waals surface area contributed by atoms with Gasteiger partial charge in [0.05, 0.1) is 5.97 Å². The van der Waals surface area contributed by atoms with Crippen LogP contribution in [0.25, 0.3) is 0 Å². The van der Waals surface area contributed by atoms with Gasteiger partial charge in [-0.15, -0.1) is 0 Å². The zero-order valence-electron chi connectivity index (χ0n) is 11.3. The Hall–Kier alpha value is 4.92. The molecule has 11 heteroatoms. The van der Waals surface area contributed by atoms with Crippen molar-refractivity contribution in [3.05, 3.63) is 0 Å². The van der Waals surface area contributed by atoms with Crippen LogP contribution in [-0.2, 0) is 14.4 Å². The Bertz CT molecular complexity index is 246. The SMILES string of the molecule is O=C([O-])CC(O)(CC(=O)[O-])C(=O)[O-].[H-].[K+].[K+].[K+].[K+]. The largest absolute Gasteiger partial charge is 1.00 e. The van der Waals surface area contributed by atoms with Crippen molar-refractivity contribution < 1.29 is 242 Å². The van der Waals surface area contributed by atoms with E-state index in [-0.39, 0.29) is 207 Å². The summed E-state index contributed by atoms with van der Waals surface area (Å²) in [6.45, 7) is 0. The molecule has 1 N–H and O–H groups in total. The monoisotopic (exact) mass is 346 g/mol. The Balaban J connectivity index is -0.0000000720. The first-order chi connectivity index (χ1) is 5.78. The first-order valence-electron chi connectivity index (χ1n) is 3.11. The minimum absolute atomic E-state index is 0. The summed E-state index contributed by atoms with van der Waals surface area (Å²) < 4.78 is 0.